The van der Waals surface area contributed by atoms with Gasteiger partial charge in [-0.15, -0.1) is 0 Å². The van der Waals surface area contributed by atoms with Gasteiger partial charge in [0.25, 0.3) is 0 Å². The molecule has 0 aromatic heterocycles. The fourth-order valence-corrected chi connectivity index (χ4v) is 5.26. The fourth-order valence-electron chi connectivity index (χ4n) is 3.43. The predicted molar refractivity (Wildman–Crippen MR) is 141 cm³/mol. The number of alkyl halides is 3. The molecule has 0 saturated carbocycles. The van der Waals surface area contributed by atoms with Gasteiger partial charge in [0.1, 0.15) is 63.9 Å². The van der Waals surface area contributed by atoms with E-state index in [0.29, 0.717) is 0 Å². The van der Waals surface area contributed by atoms with Gasteiger partial charge in [-0.1, -0.05) is 58.0 Å². The van der Waals surface area contributed by atoms with Crippen molar-refractivity contribution < 1.29 is 457 Å². The van der Waals surface area contributed by atoms with Crippen LogP contribution in [-0.2, 0) is 14.2 Å². The van der Waals surface area contributed by atoms with Gasteiger partial charge < -0.3 is 60.2 Å². The van der Waals surface area contributed by atoms with Crippen LogP contribution < -0.4 is 0 Å². The Morgan fingerprint density at radius 2 is 0.938 bits per heavy atom. The smallest absolute Gasteiger partial charge is 0.141 e. The van der Waals surface area contributed by atoms with Crippen LogP contribution in [0.5, 0.6) is 0 Å². The van der Waals surface area contributed by atoms with Gasteiger partial charge in [0.15, 0.2) is 0 Å². The van der Waals surface area contributed by atoms with E-state index in [9.17, 15) is 35.7 Å². The van der Waals surface area contributed by atoms with E-state index in [2.05, 4.69) is 67.8 Å². The zero-order chi connectivity index (χ0) is 30.0. The summed E-state index contributed by atoms with van der Waals surface area (Å²) in [5, 5.41) is 87.7. The second-order valence-electron chi connectivity index (χ2n) is 8.46. The zero-order valence-electron chi connectivity index (χ0n) is 25.3. The minimum absolute atomic E-state index is 0. The molecule has 30 heteroatoms. The molecular formula is C18H31Ac9Br3N6O12. The number of halogens is 3. The van der Waals surface area contributed by atoms with E-state index in [1.54, 1.807) is 6.92 Å². The number of aliphatic hydroxyl groups is 9. The maximum Gasteiger partial charge on any atom is 0.141 e. The van der Waals surface area contributed by atoms with Crippen LogP contribution in [0.15, 0.2) is 10.2 Å². The number of hydrogen-bond donors (Lipinski definition) is 9. The van der Waals surface area contributed by atoms with Crippen molar-refractivity contribution in [2.45, 2.75) is 95.1 Å². The Balaban J connectivity index is -0.0000000624. The number of rotatable bonds is 4. The maximum atomic E-state index is 9.52. The fraction of sp³-hybridized carbons (Fsp3) is 1.00. The summed E-state index contributed by atoms with van der Waals surface area (Å²) in [5.41, 5.74) is 16.3. The molecule has 15 atom stereocenters. The Morgan fingerprint density at radius 1 is 0.542 bits per heavy atom. The quantitative estimate of drug-likeness (QED) is 0.0653. The van der Waals surface area contributed by atoms with Crippen LogP contribution in [0.25, 0.3) is 20.9 Å². The number of hydrogen-bond acceptors (Lipinski definition) is 14. The zero-order valence-corrected chi connectivity index (χ0v) is 72.8. The van der Waals surface area contributed by atoms with Crippen molar-refractivity contribution in [1.82, 2.24) is 0 Å². The largest absolute Gasteiger partial charge is 0.394 e. The minimum atomic E-state index is -1.31. The van der Waals surface area contributed by atoms with E-state index in [0.717, 1.165) is 0 Å². The Labute approximate surface area is 625 Å². The summed E-state index contributed by atoms with van der Waals surface area (Å²) in [7, 11) is 0. The van der Waals surface area contributed by atoms with E-state index in [1.807, 2.05) is 0 Å². The van der Waals surface area contributed by atoms with Crippen molar-refractivity contribution >= 4 is 47.8 Å². The molecule has 48 heavy (non-hydrogen) atoms. The van der Waals surface area contributed by atoms with Crippen LogP contribution in [0, 0.1) is 397 Å². The Kier molecular flexibility index (Phi) is 77.6. The third kappa shape index (κ3) is 29.2. The van der Waals surface area contributed by atoms with Crippen molar-refractivity contribution in [1.29, 1.82) is 0 Å². The third-order valence-corrected chi connectivity index (χ3v) is 8.06. The van der Waals surface area contributed by atoms with Crippen molar-refractivity contribution in [3.8, 4) is 0 Å². The van der Waals surface area contributed by atoms with Gasteiger partial charge in [-0.05, 0) is 18.0 Å². The molecule has 3 aliphatic rings. The first-order valence-corrected chi connectivity index (χ1v) is 14.0. The normalized spacial score (nSPS) is 37.1. The molecule has 9 N–H and O–H groups in total. The van der Waals surface area contributed by atoms with E-state index in [-0.39, 0.29) is 403 Å². The first-order chi connectivity index (χ1) is 18.2. The summed E-state index contributed by atoms with van der Waals surface area (Å²) in [5.74, 6) is 0. The average Bonchev–Trinajstić information content (AvgIpc) is 2.91. The minimum Gasteiger partial charge on any atom is -0.394 e. The van der Waals surface area contributed by atoms with E-state index < -0.39 is 94.8 Å². The Bertz CT molecular complexity index is 865. The van der Waals surface area contributed by atoms with Gasteiger partial charge >= 0.3 is 0 Å². The molecule has 3 saturated heterocycles. The van der Waals surface area contributed by atoms with E-state index in [4.69, 9.17) is 35.5 Å². The van der Waals surface area contributed by atoms with Gasteiger partial charge in [0.05, 0.1) is 37.5 Å². The standard InChI is InChI=1S/2C6H10BrN3O4.C6H11BrO4.9Ac/c7-6-5(13)3(9-10-8)4(12)2(1-11)14-6;7-6-5(13)4(12)3(11)2(14-6)1-9-10-8;1-2-3(8)4(9)5(10)6(7)11-2;;;;;;;;;/h2*2-6,11-13H,1H2;2-6,8-10H,1H3;;;;;;;;;/t2*2-,3?,4?,5?,6?;;;;;;;;;;/m11........../s1. The van der Waals surface area contributed by atoms with Crippen molar-refractivity contribution in [3.63, 3.8) is 0 Å². The van der Waals surface area contributed by atoms with Gasteiger partial charge in [0.2, 0.25) is 0 Å². The number of azide groups is 2. The number of ether oxygens (including phenoxy) is 3. The van der Waals surface area contributed by atoms with Crippen LogP contribution >= 0.6 is 47.8 Å². The maximum absolute atomic E-state index is 9.52. The number of aliphatic hydroxyl groups excluding tert-OH is 9. The third-order valence-electron chi connectivity index (χ3n) is 5.79. The summed E-state index contributed by atoms with van der Waals surface area (Å²) >= 11 is 8.99. The Morgan fingerprint density at radius 3 is 1.35 bits per heavy atom. The molecule has 0 bridgehead atoms. The van der Waals surface area contributed by atoms with Crippen LogP contribution in [-0.4, -0.2) is 147 Å². The van der Waals surface area contributed by atoms with Crippen LogP contribution in [0.3, 0.4) is 0 Å². The average molecular weight is 2810 g/mol. The molecule has 13 unspecified atom stereocenters. The Hall–Kier alpha value is 12.6. The van der Waals surface area contributed by atoms with Gasteiger partial charge in [0, 0.05) is 406 Å². The first kappa shape index (κ1) is 80.8. The summed E-state index contributed by atoms with van der Waals surface area (Å²) in [6.45, 7) is 1.13. The first-order valence-electron chi connectivity index (χ1n) is 11.2. The summed E-state index contributed by atoms with van der Waals surface area (Å²) in [6, 6.07) is -1.02. The van der Waals surface area contributed by atoms with Crippen molar-refractivity contribution in [2.24, 2.45) is 10.2 Å². The second-order valence-corrected chi connectivity index (χ2v) is 11.2. The molecule has 3 heterocycles. The molecule has 253 valence electrons. The molecule has 3 rings (SSSR count). The van der Waals surface area contributed by atoms with Crippen LogP contribution in [0.1, 0.15) is 6.92 Å². The van der Waals surface area contributed by atoms with Gasteiger partial charge in [-0.3, -0.25) is 0 Å². The van der Waals surface area contributed by atoms with Gasteiger partial charge in [-0.25, -0.2) is 0 Å². The topological polar surface area (TPSA) is 307 Å². The van der Waals surface area contributed by atoms with E-state index >= 15 is 0 Å². The van der Waals surface area contributed by atoms with Gasteiger partial charge in [-0.2, -0.15) is 0 Å². The van der Waals surface area contributed by atoms with Crippen molar-refractivity contribution in [3.05, 3.63) is 20.9 Å². The van der Waals surface area contributed by atoms with Crippen LogP contribution in [0.2, 0.25) is 0 Å². The molecule has 9 radical (unpaired) electrons. The molecule has 0 aromatic rings. The van der Waals surface area contributed by atoms with Crippen LogP contribution in [0.4, 0.5) is 0 Å². The summed E-state index contributed by atoms with van der Waals surface area (Å²) < 4.78 is 15.1. The predicted octanol–water partition coefficient (Wildman–Crippen LogP) is -1.79. The molecule has 3 fully saturated rings. The summed E-state index contributed by atoms with van der Waals surface area (Å²) in [4.78, 5) is 5.02. The SMILES string of the molecule is CC1OC(Br)C(O)C(O)C1O.[Ac].[Ac].[Ac].[Ac].[Ac].[Ac].[Ac].[Ac].[Ac].[N-]=[N+]=NC1C(O)C(Br)O[C@H](CO)C1O.[N-]=[N+]=NC[C@H]1OC(Br)C(O)C(O)C1O. The molecule has 0 spiro atoms. The molecule has 3 aliphatic heterocycles. The molecule has 0 aliphatic carbocycles. The molecular weight excluding hydrogens is 2770 g/mol. The monoisotopic (exact) mass is 2800 g/mol. The molecule has 0 aromatic carbocycles. The second kappa shape index (κ2) is 46.1. The molecule has 0 amide bonds. The van der Waals surface area contributed by atoms with Crippen molar-refractivity contribution in [2.75, 3.05) is 13.2 Å². The number of nitrogens with zero attached hydrogens (tertiary/aromatic N) is 6. The summed E-state index contributed by atoms with van der Waals surface area (Å²) in [6.07, 6.45) is -11.5. The molecule has 18 nitrogen and oxygen atoms in total. The van der Waals surface area contributed by atoms with E-state index in [1.165, 1.54) is 0 Å².